The predicted octanol–water partition coefficient (Wildman–Crippen LogP) is 4.72. The second-order valence-electron chi connectivity index (χ2n) is 6.74. The topological polar surface area (TPSA) is 12.0 Å². The fourth-order valence-electron chi connectivity index (χ4n) is 2.86. The van der Waals surface area contributed by atoms with Crippen molar-refractivity contribution in [2.24, 2.45) is 23.7 Å². The molecule has 0 aromatic heterocycles. The summed E-state index contributed by atoms with van der Waals surface area (Å²) in [5.41, 5.74) is 0. The summed E-state index contributed by atoms with van der Waals surface area (Å²) in [5.74, 6) is 3.19. The molecule has 0 saturated carbocycles. The van der Waals surface area contributed by atoms with E-state index in [1.165, 1.54) is 19.3 Å². The minimum atomic E-state index is 0.694. The Morgan fingerprint density at radius 1 is 0.824 bits per heavy atom. The summed E-state index contributed by atoms with van der Waals surface area (Å²) in [5, 5.41) is 3.78. The minimum absolute atomic E-state index is 0.694. The summed E-state index contributed by atoms with van der Waals surface area (Å²) < 4.78 is 0. The Bertz CT molecular complexity index is 162. The van der Waals surface area contributed by atoms with Crippen LogP contribution in [-0.2, 0) is 0 Å². The molecule has 0 spiro atoms. The van der Waals surface area contributed by atoms with Gasteiger partial charge < -0.3 is 5.32 Å². The van der Waals surface area contributed by atoms with E-state index in [0.29, 0.717) is 6.04 Å². The molecule has 0 aliphatic rings. The molecule has 0 aromatic carbocycles. The van der Waals surface area contributed by atoms with E-state index in [1.54, 1.807) is 0 Å². The van der Waals surface area contributed by atoms with Gasteiger partial charge in [-0.25, -0.2) is 0 Å². The lowest BCUT2D eigenvalue weighted by molar-refractivity contribution is 0.217. The molecule has 0 bridgehead atoms. The van der Waals surface area contributed by atoms with Crippen LogP contribution in [0.3, 0.4) is 0 Å². The molecule has 0 aliphatic heterocycles. The zero-order chi connectivity index (χ0) is 13.4. The van der Waals surface area contributed by atoms with E-state index in [0.717, 1.165) is 30.2 Å². The van der Waals surface area contributed by atoms with E-state index >= 15 is 0 Å². The quantitative estimate of drug-likeness (QED) is 0.616. The van der Waals surface area contributed by atoms with Crippen molar-refractivity contribution in [2.45, 2.75) is 73.8 Å². The third kappa shape index (κ3) is 7.81. The van der Waals surface area contributed by atoms with Crippen LogP contribution in [0.25, 0.3) is 0 Å². The van der Waals surface area contributed by atoms with Crippen molar-refractivity contribution in [1.29, 1.82) is 0 Å². The van der Waals surface area contributed by atoms with Crippen LogP contribution in [0.4, 0.5) is 0 Å². The summed E-state index contributed by atoms with van der Waals surface area (Å²) in [6.45, 7) is 17.5. The Labute approximate surface area is 110 Å². The van der Waals surface area contributed by atoms with Crippen LogP contribution in [-0.4, -0.2) is 12.6 Å². The van der Waals surface area contributed by atoms with Gasteiger partial charge in [-0.1, -0.05) is 48.5 Å². The Kier molecular flexibility index (Phi) is 8.94. The molecule has 1 unspecified atom stereocenters. The van der Waals surface area contributed by atoms with Gasteiger partial charge in [0.15, 0.2) is 0 Å². The molecule has 104 valence electrons. The number of hydrogen-bond acceptors (Lipinski definition) is 1. The monoisotopic (exact) mass is 241 g/mol. The Morgan fingerprint density at radius 2 is 1.29 bits per heavy atom. The smallest absolute Gasteiger partial charge is 0.0118 e. The molecule has 0 heterocycles. The lowest BCUT2D eigenvalue weighted by Gasteiger charge is -2.33. The second kappa shape index (κ2) is 8.97. The summed E-state index contributed by atoms with van der Waals surface area (Å²) in [6.07, 6.45) is 3.95. The normalized spacial score (nSPS) is 14.3. The zero-order valence-corrected chi connectivity index (χ0v) is 13.2. The number of hydrogen-bond donors (Lipinski definition) is 1. The van der Waals surface area contributed by atoms with Crippen LogP contribution < -0.4 is 5.32 Å². The molecule has 1 nitrogen and oxygen atoms in total. The molecule has 0 saturated heterocycles. The van der Waals surface area contributed by atoms with Gasteiger partial charge in [-0.05, 0) is 49.5 Å². The first-order valence-corrected chi connectivity index (χ1v) is 7.61. The highest BCUT2D eigenvalue weighted by atomic mass is 14.9. The molecule has 0 fully saturated rings. The Balaban J connectivity index is 4.54. The second-order valence-corrected chi connectivity index (χ2v) is 6.74. The number of rotatable bonds is 9. The molecule has 1 heteroatoms. The molecule has 0 radical (unpaired) electrons. The van der Waals surface area contributed by atoms with Gasteiger partial charge in [0.1, 0.15) is 0 Å². The highest BCUT2D eigenvalue weighted by Crippen LogP contribution is 2.27. The van der Waals surface area contributed by atoms with Crippen molar-refractivity contribution in [3.63, 3.8) is 0 Å². The standard InChI is InChI=1S/C16H35N/c1-8-9-17-16(14(6)7)15(10-12(2)3)11-13(4)5/h12-17H,8-11H2,1-7H3. The van der Waals surface area contributed by atoms with E-state index in [2.05, 4.69) is 53.8 Å². The van der Waals surface area contributed by atoms with Gasteiger partial charge in [0.05, 0.1) is 0 Å². The maximum atomic E-state index is 3.78. The Hall–Kier alpha value is -0.0400. The van der Waals surface area contributed by atoms with Gasteiger partial charge in [-0.3, -0.25) is 0 Å². The first-order valence-electron chi connectivity index (χ1n) is 7.61. The van der Waals surface area contributed by atoms with E-state index in [1.807, 2.05) is 0 Å². The van der Waals surface area contributed by atoms with Crippen LogP contribution in [0.1, 0.15) is 67.7 Å². The first-order chi connectivity index (χ1) is 7.88. The van der Waals surface area contributed by atoms with Gasteiger partial charge in [0.25, 0.3) is 0 Å². The maximum absolute atomic E-state index is 3.78. The molecule has 0 amide bonds. The van der Waals surface area contributed by atoms with Gasteiger partial charge >= 0.3 is 0 Å². The fraction of sp³-hybridized carbons (Fsp3) is 1.00. The van der Waals surface area contributed by atoms with Gasteiger partial charge in [-0.15, -0.1) is 0 Å². The van der Waals surface area contributed by atoms with Crippen molar-refractivity contribution in [1.82, 2.24) is 5.32 Å². The van der Waals surface area contributed by atoms with Crippen molar-refractivity contribution in [2.75, 3.05) is 6.54 Å². The van der Waals surface area contributed by atoms with Crippen LogP contribution in [0.15, 0.2) is 0 Å². The molecule has 0 aromatic rings. The summed E-state index contributed by atoms with van der Waals surface area (Å²) in [7, 11) is 0. The SMILES string of the molecule is CCCNC(C(C)C)C(CC(C)C)CC(C)C. The van der Waals surface area contributed by atoms with E-state index in [4.69, 9.17) is 0 Å². The highest BCUT2D eigenvalue weighted by Gasteiger charge is 2.25. The third-order valence-corrected chi connectivity index (χ3v) is 3.40. The third-order valence-electron chi connectivity index (χ3n) is 3.40. The van der Waals surface area contributed by atoms with Crippen molar-refractivity contribution < 1.29 is 0 Å². The summed E-state index contributed by atoms with van der Waals surface area (Å²) >= 11 is 0. The highest BCUT2D eigenvalue weighted by molar-refractivity contribution is 4.81. The van der Waals surface area contributed by atoms with Crippen LogP contribution in [0, 0.1) is 23.7 Å². The fourth-order valence-corrected chi connectivity index (χ4v) is 2.86. The van der Waals surface area contributed by atoms with Crippen LogP contribution in [0.5, 0.6) is 0 Å². The van der Waals surface area contributed by atoms with Crippen molar-refractivity contribution in [3.8, 4) is 0 Å². The molecular weight excluding hydrogens is 206 g/mol. The molecule has 1 N–H and O–H groups in total. The zero-order valence-electron chi connectivity index (χ0n) is 13.2. The van der Waals surface area contributed by atoms with E-state index in [9.17, 15) is 0 Å². The lowest BCUT2D eigenvalue weighted by Crippen LogP contribution is -2.42. The average molecular weight is 241 g/mol. The Morgan fingerprint density at radius 3 is 1.59 bits per heavy atom. The maximum Gasteiger partial charge on any atom is 0.0118 e. The van der Waals surface area contributed by atoms with Crippen molar-refractivity contribution >= 4 is 0 Å². The summed E-state index contributed by atoms with van der Waals surface area (Å²) in [6, 6.07) is 0.694. The van der Waals surface area contributed by atoms with Crippen LogP contribution in [0.2, 0.25) is 0 Å². The van der Waals surface area contributed by atoms with Crippen molar-refractivity contribution in [3.05, 3.63) is 0 Å². The average Bonchev–Trinajstić information content (AvgIpc) is 2.15. The number of nitrogens with one attached hydrogen (secondary N) is 1. The van der Waals surface area contributed by atoms with Gasteiger partial charge in [0.2, 0.25) is 0 Å². The lowest BCUT2D eigenvalue weighted by atomic mass is 9.79. The molecule has 17 heavy (non-hydrogen) atoms. The largest absolute Gasteiger partial charge is 0.313 e. The van der Waals surface area contributed by atoms with Crippen LogP contribution >= 0.6 is 0 Å². The van der Waals surface area contributed by atoms with E-state index < -0.39 is 0 Å². The van der Waals surface area contributed by atoms with E-state index in [-0.39, 0.29) is 0 Å². The minimum Gasteiger partial charge on any atom is -0.313 e. The first kappa shape index (κ1) is 17.0. The predicted molar refractivity (Wildman–Crippen MR) is 79.3 cm³/mol. The van der Waals surface area contributed by atoms with Gasteiger partial charge in [0, 0.05) is 6.04 Å². The summed E-state index contributed by atoms with van der Waals surface area (Å²) in [4.78, 5) is 0. The molecule has 0 aliphatic carbocycles. The molecular formula is C16H35N. The molecule has 1 atom stereocenters. The molecule has 0 rings (SSSR count). The van der Waals surface area contributed by atoms with Gasteiger partial charge in [-0.2, -0.15) is 0 Å².